The minimum Gasteiger partial charge on any atom is -0.479 e. The summed E-state index contributed by atoms with van der Waals surface area (Å²) >= 11 is 0. The molecule has 0 aromatic heterocycles. The average molecular weight is 282 g/mol. The Morgan fingerprint density at radius 1 is 1.40 bits per heavy atom. The third-order valence-corrected chi connectivity index (χ3v) is 5.00. The van der Waals surface area contributed by atoms with E-state index in [1.165, 1.54) is 19.3 Å². The summed E-state index contributed by atoms with van der Waals surface area (Å²) in [5, 5.41) is 12.6. The van der Waals surface area contributed by atoms with E-state index >= 15 is 0 Å². The van der Waals surface area contributed by atoms with Crippen LogP contribution in [0.4, 0.5) is 4.79 Å². The van der Waals surface area contributed by atoms with Gasteiger partial charge in [-0.1, -0.05) is 19.8 Å². The van der Waals surface area contributed by atoms with Crippen molar-refractivity contribution in [2.24, 2.45) is 5.92 Å². The molecule has 2 amide bonds. The van der Waals surface area contributed by atoms with Crippen LogP contribution in [0.5, 0.6) is 0 Å². The quantitative estimate of drug-likeness (QED) is 0.814. The lowest BCUT2D eigenvalue weighted by Crippen LogP contribution is -2.58. The average Bonchev–Trinajstić information content (AvgIpc) is 2.72. The highest BCUT2D eigenvalue weighted by Gasteiger charge is 2.49. The van der Waals surface area contributed by atoms with Crippen molar-refractivity contribution >= 4 is 12.0 Å². The number of hydrogen-bond donors (Lipinski definition) is 2. The third kappa shape index (κ3) is 2.63. The van der Waals surface area contributed by atoms with Crippen molar-refractivity contribution in [3.8, 4) is 0 Å². The smallest absolute Gasteiger partial charge is 0.329 e. The summed E-state index contributed by atoms with van der Waals surface area (Å²) in [6, 6.07) is -0.0530. The maximum Gasteiger partial charge on any atom is 0.329 e. The van der Waals surface area contributed by atoms with Gasteiger partial charge in [-0.2, -0.15) is 0 Å². The summed E-state index contributed by atoms with van der Waals surface area (Å²) < 4.78 is 0. The zero-order valence-electron chi connectivity index (χ0n) is 12.5. The molecule has 2 atom stereocenters. The van der Waals surface area contributed by atoms with Gasteiger partial charge in [0.15, 0.2) is 0 Å². The molecule has 0 aromatic carbocycles. The number of hydrogen-bond acceptors (Lipinski definition) is 2. The second-order valence-electron chi connectivity index (χ2n) is 6.27. The molecule has 1 aliphatic carbocycles. The Kier molecular flexibility index (Phi) is 4.55. The molecule has 114 valence electrons. The molecule has 1 saturated carbocycles. The number of carbonyl (C=O) groups is 2. The number of likely N-dealkylation sites (tertiary alicyclic amines) is 1. The van der Waals surface area contributed by atoms with Crippen LogP contribution < -0.4 is 5.32 Å². The first-order chi connectivity index (χ1) is 9.51. The topological polar surface area (TPSA) is 69.6 Å². The van der Waals surface area contributed by atoms with Crippen LogP contribution in [-0.2, 0) is 4.79 Å². The fourth-order valence-corrected chi connectivity index (χ4v) is 3.51. The molecule has 2 fully saturated rings. The highest BCUT2D eigenvalue weighted by Crippen LogP contribution is 2.35. The highest BCUT2D eigenvalue weighted by molar-refractivity contribution is 5.87. The van der Waals surface area contributed by atoms with Crippen molar-refractivity contribution in [1.29, 1.82) is 0 Å². The molecular formula is C15H26N2O3. The summed E-state index contributed by atoms with van der Waals surface area (Å²) in [5.41, 5.74) is -0.988. The molecule has 2 N–H and O–H groups in total. The summed E-state index contributed by atoms with van der Waals surface area (Å²) in [6.07, 6.45) is 6.23. The molecule has 0 spiro atoms. The predicted molar refractivity (Wildman–Crippen MR) is 76.5 cm³/mol. The van der Waals surface area contributed by atoms with Crippen LogP contribution in [0, 0.1) is 5.92 Å². The molecule has 1 saturated heterocycles. The molecule has 1 heterocycles. The number of nitrogens with one attached hydrogen (secondary N) is 1. The van der Waals surface area contributed by atoms with E-state index in [2.05, 4.69) is 5.32 Å². The Morgan fingerprint density at radius 3 is 2.60 bits per heavy atom. The van der Waals surface area contributed by atoms with Crippen LogP contribution in [-0.4, -0.2) is 40.1 Å². The first-order valence-electron chi connectivity index (χ1n) is 7.83. The van der Waals surface area contributed by atoms with Crippen LogP contribution in [0.1, 0.15) is 58.8 Å². The molecule has 5 heteroatoms. The van der Waals surface area contributed by atoms with Gasteiger partial charge in [0.1, 0.15) is 5.54 Å². The second kappa shape index (κ2) is 6.02. The van der Waals surface area contributed by atoms with Gasteiger partial charge in [-0.3, -0.25) is 0 Å². The molecule has 20 heavy (non-hydrogen) atoms. The number of carbonyl (C=O) groups excluding carboxylic acids is 1. The SMILES string of the molecule is CCCC1(C(=O)O)CCCN1C(=O)NC(C)C1CCC1. The maximum atomic E-state index is 12.4. The van der Waals surface area contributed by atoms with Gasteiger partial charge in [0.05, 0.1) is 0 Å². The van der Waals surface area contributed by atoms with E-state index in [1.807, 2.05) is 13.8 Å². The lowest BCUT2D eigenvalue weighted by molar-refractivity contribution is -0.148. The van der Waals surface area contributed by atoms with Crippen molar-refractivity contribution in [3.63, 3.8) is 0 Å². The summed E-state index contributed by atoms with van der Waals surface area (Å²) in [7, 11) is 0. The van der Waals surface area contributed by atoms with Gasteiger partial charge in [0.25, 0.3) is 0 Å². The van der Waals surface area contributed by atoms with E-state index in [1.54, 1.807) is 4.90 Å². The summed E-state index contributed by atoms with van der Waals surface area (Å²) in [5.74, 6) is -0.296. The van der Waals surface area contributed by atoms with Crippen molar-refractivity contribution in [2.75, 3.05) is 6.54 Å². The first kappa shape index (κ1) is 15.1. The molecule has 0 aromatic rings. The number of carboxylic acid groups (broad SMARTS) is 1. The largest absolute Gasteiger partial charge is 0.479 e. The van der Waals surface area contributed by atoms with E-state index in [0.717, 1.165) is 12.8 Å². The number of nitrogens with zero attached hydrogens (tertiary/aromatic N) is 1. The van der Waals surface area contributed by atoms with Gasteiger partial charge in [-0.05, 0) is 44.9 Å². The van der Waals surface area contributed by atoms with Crippen LogP contribution in [0.2, 0.25) is 0 Å². The molecule has 0 bridgehead atoms. The van der Waals surface area contributed by atoms with E-state index in [-0.39, 0.29) is 12.1 Å². The van der Waals surface area contributed by atoms with E-state index in [9.17, 15) is 14.7 Å². The normalized spacial score (nSPS) is 28.0. The minimum atomic E-state index is -0.988. The van der Waals surface area contributed by atoms with Crippen LogP contribution >= 0.6 is 0 Å². The van der Waals surface area contributed by atoms with Gasteiger partial charge in [-0.25, -0.2) is 9.59 Å². The molecule has 2 aliphatic rings. The Morgan fingerprint density at radius 2 is 2.10 bits per heavy atom. The van der Waals surface area contributed by atoms with Crippen LogP contribution in [0.3, 0.4) is 0 Å². The Balaban J connectivity index is 2.04. The number of amides is 2. The Hall–Kier alpha value is -1.26. The number of aliphatic carboxylic acids is 1. The Labute approximate surface area is 120 Å². The standard InChI is InChI=1S/C15H26N2O3/c1-3-8-15(13(18)19)9-5-10-17(15)14(20)16-11(2)12-6-4-7-12/h11-12H,3-10H2,1-2H3,(H,16,20)(H,18,19). The molecule has 2 unspecified atom stereocenters. The number of carboxylic acids is 1. The zero-order chi connectivity index (χ0) is 14.8. The third-order valence-electron chi connectivity index (χ3n) is 5.00. The van der Waals surface area contributed by atoms with Gasteiger partial charge in [-0.15, -0.1) is 0 Å². The Bertz CT molecular complexity index is 381. The van der Waals surface area contributed by atoms with Gasteiger partial charge in [0.2, 0.25) is 0 Å². The number of rotatable bonds is 5. The molecule has 2 rings (SSSR count). The lowest BCUT2D eigenvalue weighted by atomic mass is 9.80. The molecule has 5 nitrogen and oxygen atoms in total. The summed E-state index contributed by atoms with van der Waals surface area (Å²) in [4.78, 5) is 25.7. The van der Waals surface area contributed by atoms with Gasteiger partial charge >= 0.3 is 12.0 Å². The van der Waals surface area contributed by atoms with Crippen molar-refractivity contribution < 1.29 is 14.7 Å². The zero-order valence-corrected chi connectivity index (χ0v) is 12.5. The molecule has 1 aliphatic heterocycles. The highest BCUT2D eigenvalue weighted by atomic mass is 16.4. The summed E-state index contributed by atoms with van der Waals surface area (Å²) in [6.45, 7) is 4.55. The maximum absolute atomic E-state index is 12.4. The molecular weight excluding hydrogens is 256 g/mol. The minimum absolute atomic E-state index is 0.143. The van der Waals surface area contributed by atoms with Crippen LogP contribution in [0.25, 0.3) is 0 Å². The van der Waals surface area contributed by atoms with Crippen molar-refractivity contribution in [1.82, 2.24) is 10.2 Å². The van der Waals surface area contributed by atoms with E-state index in [0.29, 0.717) is 25.3 Å². The van der Waals surface area contributed by atoms with Gasteiger partial charge in [0, 0.05) is 12.6 Å². The number of urea groups is 1. The van der Waals surface area contributed by atoms with Gasteiger partial charge < -0.3 is 15.3 Å². The van der Waals surface area contributed by atoms with Crippen LogP contribution in [0.15, 0.2) is 0 Å². The monoisotopic (exact) mass is 282 g/mol. The first-order valence-corrected chi connectivity index (χ1v) is 7.83. The fourth-order valence-electron chi connectivity index (χ4n) is 3.51. The fraction of sp³-hybridized carbons (Fsp3) is 0.867. The van der Waals surface area contributed by atoms with E-state index in [4.69, 9.17) is 0 Å². The van der Waals surface area contributed by atoms with Crippen molar-refractivity contribution in [3.05, 3.63) is 0 Å². The second-order valence-corrected chi connectivity index (χ2v) is 6.27. The van der Waals surface area contributed by atoms with E-state index < -0.39 is 11.5 Å². The predicted octanol–water partition coefficient (Wildman–Crippen LogP) is 2.60. The van der Waals surface area contributed by atoms with Crippen molar-refractivity contribution in [2.45, 2.75) is 70.4 Å². The molecule has 0 radical (unpaired) electrons. The lowest BCUT2D eigenvalue weighted by Gasteiger charge is -2.37.